The summed E-state index contributed by atoms with van der Waals surface area (Å²) in [4.78, 5) is 29.1. The molecule has 190 valence electrons. The van der Waals surface area contributed by atoms with E-state index in [1.807, 2.05) is 24.3 Å². The third kappa shape index (κ3) is 5.64. The molecule has 2 amide bonds. The molecule has 1 fully saturated rings. The molecule has 4 rings (SSSR count). The lowest BCUT2D eigenvalue weighted by molar-refractivity contribution is -0.126. The molecule has 0 saturated heterocycles. The van der Waals surface area contributed by atoms with Crippen LogP contribution in [0.15, 0.2) is 65.3 Å². The summed E-state index contributed by atoms with van der Waals surface area (Å²) in [5.41, 5.74) is 1.45. The van der Waals surface area contributed by atoms with Gasteiger partial charge in [-0.1, -0.05) is 31.0 Å². The lowest BCUT2D eigenvalue weighted by atomic mass is 10.0. The van der Waals surface area contributed by atoms with E-state index in [2.05, 4.69) is 5.32 Å². The molecule has 1 saturated carbocycles. The van der Waals surface area contributed by atoms with E-state index in [0.717, 1.165) is 31.2 Å². The van der Waals surface area contributed by atoms with Gasteiger partial charge in [0.05, 0.1) is 27.6 Å². The summed E-state index contributed by atoms with van der Waals surface area (Å²) in [6.07, 6.45) is 5.45. The zero-order valence-electron chi connectivity index (χ0n) is 20.9. The molecule has 36 heavy (non-hydrogen) atoms. The van der Waals surface area contributed by atoms with Gasteiger partial charge in [-0.3, -0.25) is 9.59 Å². The minimum Gasteiger partial charge on any atom is -0.497 e. The lowest BCUT2D eigenvalue weighted by Gasteiger charge is -2.32. The Hall–Kier alpha value is -3.94. The van der Waals surface area contributed by atoms with Crippen molar-refractivity contribution in [3.8, 4) is 17.2 Å². The van der Waals surface area contributed by atoms with E-state index in [4.69, 9.17) is 18.6 Å². The maximum Gasteiger partial charge on any atom is 0.290 e. The molecule has 1 aliphatic carbocycles. The zero-order valence-corrected chi connectivity index (χ0v) is 20.9. The Balaban J connectivity index is 1.77. The number of nitrogens with zero attached hydrogens (tertiary/aromatic N) is 1. The first-order valence-corrected chi connectivity index (χ1v) is 12.0. The van der Waals surface area contributed by atoms with Gasteiger partial charge >= 0.3 is 0 Å². The summed E-state index contributed by atoms with van der Waals surface area (Å²) < 4.78 is 21.6. The maximum atomic E-state index is 13.8. The first-order chi connectivity index (χ1) is 17.5. The molecule has 0 radical (unpaired) electrons. The van der Waals surface area contributed by atoms with E-state index in [1.54, 1.807) is 51.7 Å². The van der Waals surface area contributed by atoms with Crippen molar-refractivity contribution in [1.82, 2.24) is 10.2 Å². The molecule has 1 N–H and O–H groups in total. The van der Waals surface area contributed by atoms with Gasteiger partial charge in [-0.25, -0.2) is 0 Å². The number of amides is 2. The van der Waals surface area contributed by atoms with E-state index in [0.29, 0.717) is 22.8 Å². The number of carbonyl (C=O) groups is 2. The molecule has 2 aromatic carbocycles. The molecule has 1 aliphatic rings. The number of rotatable bonds is 10. The summed E-state index contributed by atoms with van der Waals surface area (Å²) in [6.45, 7) is 0.181. The lowest BCUT2D eigenvalue weighted by Crippen LogP contribution is -2.45. The van der Waals surface area contributed by atoms with Crippen LogP contribution in [0.4, 0.5) is 0 Å². The summed E-state index contributed by atoms with van der Waals surface area (Å²) in [7, 11) is 4.69. The van der Waals surface area contributed by atoms with Gasteiger partial charge in [0.15, 0.2) is 17.3 Å². The number of hydrogen-bond donors (Lipinski definition) is 1. The van der Waals surface area contributed by atoms with Gasteiger partial charge in [-0.05, 0) is 60.4 Å². The second-order valence-corrected chi connectivity index (χ2v) is 8.77. The van der Waals surface area contributed by atoms with Crippen LogP contribution in [0.2, 0.25) is 0 Å². The monoisotopic (exact) mass is 492 g/mol. The molecule has 1 atom stereocenters. The average Bonchev–Trinajstić information content (AvgIpc) is 3.63. The number of carbonyl (C=O) groups excluding carboxylic acids is 2. The summed E-state index contributed by atoms with van der Waals surface area (Å²) in [6, 6.07) is 15.1. The predicted molar refractivity (Wildman–Crippen MR) is 134 cm³/mol. The Morgan fingerprint density at radius 2 is 1.69 bits per heavy atom. The molecule has 1 unspecified atom stereocenters. The highest BCUT2D eigenvalue weighted by molar-refractivity contribution is 5.96. The average molecular weight is 493 g/mol. The van der Waals surface area contributed by atoms with Crippen LogP contribution in [0.3, 0.4) is 0 Å². The van der Waals surface area contributed by atoms with E-state index in [-0.39, 0.29) is 24.3 Å². The van der Waals surface area contributed by atoms with Gasteiger partial charge in [0.25, 0.3) is 5.91 Å². The molecular formula is C28H32N2O6. The van der Waals surface area contributed by atoms with Crippen LogP contribution in [0.1, 0.15) is 53.4 Å². The SMILES string of the molecule is COc1ccc(CN(C(=O)c2ccco2)C(C(=O)NC2CCCC2)c2ccc(OC)c(OC)c2)cc1. The van der Waals surface area contributed by atoms with Crippen molar-refractivity contribution < 1.29 is 28.2 Å². The van der Waals surface area contributed by atoms with Crippen molar-refractivity contribution in [2.24, 2.45) is 0 Å². The van der Waals surface area contributed by atoms with Crippen LogP contribution in [0.5, 0.6) is 17.2 Å². The molecule has 1 aromatic heterocycles. The second-order valence-electron chi connectivity index (χ2n) is 8.77. The molecule has 0 aliphatic heterocycles. The third-order valence-corrected chi connectivity index (χ3v) is 6.49. The maximum absolute atomic E-state index is 13.8. The van der Waals surface area contributed by atoms with Crippen LogP contribution >= 0.6 is 0 Å². The summed E-state index contributed by atoms with van der Waals surface area (Å²) in [5.74, 6) is 1.24. The van der Waals surface area contributed by atoms with Gasteiger partial charge in [0, 0.05) is 12.6 Å². The van der Waals surface area contributed by atoms with Crippen molar-refractivity contribution in [3.63, 3.8) is 0 Å². The molecule has 8 heteroatoms. The van der Waals surface area contributed by atoms with E-state index in [1.165, 1.54) is 11.2 Å². The number of furan rings is 1. The quantitative estimate of drug-likeness (QED) is 0.439. The number of ether oxygens (including phenoxy) is 3. The first-order valence-electron chi connectivity index (χ1n) is 12.0. The standard InChI is InChI=1S/C28H32N2O6/c1-33-22-13-10-19(11-14-22)18-30(28(32)24-9-6-16-36-24)26(27(31)29-21-7-4-5-8-21)20-12-15-23(34-2)25(17-20)35-3/h6,9-17,21,26H,4-5,7-8,18H2,1-3H3,(H,29,31). The van der Waals surface area contributed by atoms with Gasteiger partial charge in [-0.15, -0.1) is 0 Å². The number of hydrogen-bond acceptors (Lipinski definition) is 6. The van der Waals surface area contributed by atoms with E-state index >= 15 is 0 Å². The fourth-order valence-corrected chi connectivity index (χ4v) is 4.60. The van der Waals surface area contributed by atoms with Gasteiger partial charge in [0.1, 0.15) is 11.8 Å². The van der Waals surface area contributed by atoms with Crippen molar-refractivity contribution in [2.45, 2.75) is 44.3 Å². The number of nitrogens with one attached hydrogen (secondary N) is 1. The molecule has 1 heterocycles. The van der Waals surface area contributed by atoms with Gasteiger partial charge < -0.3 is 28.8 Å². The molecule has 0 spiro atoms. The summed E-state index contributed by atoms with van der Waals surface area (Å²) in [5, 5.41) is 3.17. The Kier molecular flexibility index (Phi) is 8.15. The number of benzene rings is 2. The van der Waals surface area contributed by atoms with Crippen molar-refractivity contribution >= 4 is 11.8 Å². The fraction of sp³-hybridized carbons (Fsp3) is 0.357. The summed E-state index contributed by atoms with van der Waals surface area (Å²) >= 11 is 0. The van der Waals surface area contributed by atoms with Crippen molar-refractivity contribution in [1.29, 1.82) is 0 Å². The predicted octanol–water partition coefficient (Wildman–Crippen LogP) is 4.75. The topological polar surface area (TPSA) is 90.2 Å². The fourth-order valence-electron chi connectivity index (χ4n) is 4.60. The largest absolute Gasteiger partial charge is 0.497 e. The highest BCUT2D eigenvalue weighted by Gasteiger charge is 2.35. The van der Waals surface area contributed by atoms with Crippen LogP contribution < -0.4 is 19.5 Å². The first kappa shape index (κ1) is 25.2. The highest BCUT2D eigenvalue weighted by atomic mass is 16.5. The van der Waals surface area contributed by atoms with Gasteiger partial charge in [-0.2, -0.15) is 0 Å². The molecular weight excluding hydrogens is 460 g/mol. The van der Waals surface area contributed by atoms with Crippen LogP contribution in [0, 0.1) is 0 Å². The van der Waals surface area contributed by atoms with Crippen molar-refractivity contribution in [2.75, 3.05) is 21.3 Å². The Morgan fingerprint density at radius 1 is 0.972 bits per heavy atom. The van der Waals surface area contributed by atoms with Crippen LogP contribution in [-0.4, -0.2) is 44.1 Å². The van der Waals surface area contributed by atoms with Crippen molar-refractivity contribution in [3.05, 3.63) is 77.7 Å². The Labute approximate surface area is 211 Å². The highest BCUT2D eigenvalue weighted by Crippen LogP contribution is 2.34. The number of methoxy groups -OCH3 is 3. The normalized spacial score (nSPS) is 14.2. The van der Waals surface area contributed by atoms with E-state index in [9.17, 15) is 9.59 Å². The third-order valence-electron chi connectivity index (χ3n) is 6.49. The van der Waals surface area contributed by atoms with Crippen LogP contribution in [-0.2, 0) is 11.3 Å². The molecule has 8 nitrogen and oxygen atoms in total. The van der Waals surface area contributed by atoms with E-state index < -0.39 is 11.9 Å². The van der Waals surface area contributed by atoms with Crippen LogP contribution in [0.25, 0.3) is 0 Å². The Morgan fingerprint density at radius 3 is 2.31 bits per heavy atom. The molecule has 3 aromatic rings. The van der Waals surface area contributed by atoms with Gasteiger partial charge in [0.2, 0.25) is 5.91 Å². The smallest absolute Gasteiger partial charge is 0.290 e. The molecule has 0 bridgehead atoms. The Bertz CT molecular complexity index is 1150. The minimum atomic E-state index is -0.926. The minimum absolute atomic E-state index is 0.0849. The second kappa shape index (κ2) is 11.7. The zero-order chi connectivity index (χ0) is 25.5.